The van der Waals surface area contributed by atoms with Gasteiger partial charge in [0.05, 0.1) is 16.8 Å². The van der Waals surface area contributed by atoms with Gasteiger partial charge in [-0.3, -0.25) is 0 Å². The van der Waals surface area contributed by atoms with Gasteiger partial charge in [0.25, 0.3) is 5.95 Å². The van der Waals surface area contributed by atoms with Crippen LogP contribution in [0.15, 0.2) is 47.6 Å². The van der Waals surface area contributed by atoms with Gasteiger partial charge in [0, 0.05) is 22.5 Å². The summed E-state index contributed by atoms with van der Waals surface area (Å²) in [6.45, 7) is 2.85. The number of para-hydroxylation sites is 1. The summed E-state index contributed by atoms with van der Waals surface area (Å²) in [4.78, 5) is 4.56. The van der Waals surface area contributed by atoms with Crippen molar-refractivity contribution >= 4 is 57.4 Å². The van der Waals surface area contributed by atoms with Crippen LogP contribution in [0.1, 0.15) is 12.5 Å². The zero-order chi connectivity index (χ0) is 18.1. The van der Waals surface area contributed by atoms with E-state index >= 15 is 0 Å². The third-order valence-corrected chi connectivity index (χ3v) is 4.58. The van der Waals surface area contributed by atoms with Gasteiger partial charge in [0.15, 0.2) is 5.65 Å². The predicted octanol–water partition coefficient (Wildman–Crippen LogP) is 4.75. The molecule has 0 saturated heterocycles. The first-order valence-electron chi connectivity index (χ1n) is 8.03. The smallest absolute Gasteiger partial charge is 0.265 e. The predicted molar refractivity (Wildman–Crippen MR) is 106 cm³/mol. The van der Waals surface area contributed by atoms with E-state index in [1.54, 1.807) is 24.4 Å². The number of hydrogen-bond acceptors (Lipinski definition) is 5. The minimum absolute atomic E-state index is 0.316. The van der Waals surface area contributed by atoms with Gasteiger partial charge in [-0.1, -0.05) is 47.5 Å². The molecule has 0 amide bonds. The molecule has 2 aromatic heterocycles. The average molecular weight is 385 g/mol. The molecule has 0 spiro atoms. The summed E-state index contributed by atoms with van der Waals surface area (Å²) in [6, 6.07) is 13.2. The van der Waals surface area contributed by atoms with E-state index in [1.807, 2.05) is 18.2 Å². The molecule has 0 aliphatic rings. The van der Waals surface area contributed by atoms with Crippen LogP contribution in [-0.2, 0) is 6.54 Å². The van der Waals surface area contributed by atoms with E-state index in [0.29, 0.717) is 16.0 Å². The number of nitrogens with zero attached hydrogens (tertiary/aromatic N) is 5. The maximum atomic E-state index is 6.12. The topological polar surface area (TPSA) is 68.0 Å². The van der Waals surface area contributed by atoms with Crippen LogP contribution in [0.2, 0.25) is 10.0 Å². The van der Waals surface area contributed by atoms with Crippen LogP contribution in [-0.4, -0.2) is 26.0 Å². The van der Waals surface area contributed by atoms with Gasteiger partial charge in [0.2, 0.25) is 0 Å². The van der Waals surface area contributed by atoms with Crippen molar-refractivity contribution in [1.29, 1.82) is 0 Å². The number of nitrogens with one attached hydrogen (secondary N) is 1. The van der Waals surface area contributed by atoms with Crippen molar-refractivity contribution in [3.05, 3.63) is 58.1 Å². The second-order valence-electron chi connectivity index (χ2n) is 5.60. The number of fused-ring (bicyclic) bond motifs is 3. The van der Waals surface area contributed by atoms with Crippen LogP contribution in [0.3, 0.4) is 0 Å². The Labute approximate surface area is 159 Å². The Hall–Kier alpha value is -2.70. The van der Waals surface area contributed by atoms with Crippen molar-refractivity contribution in [2.75, 3.05) is 5.43 Å². The lowest BCUT2D eigenvalue weighted by molar-refractivity contribution is 0.811. The molecule has 4 aromatic rings. The van der Waals surface area contributed by atoms with Crippen molar-refractivity contribution < 1.29 is 0 Å². The summed E-state index contributed by atoms with van der Waals surface area (Å²) in [7, 11) is 0. The fourth-order valence-electron chi connectivity index (χ4n) is 2.84. The third kappa shape index (κ3) is 2.98. The van der Waals surface area contributed by atoms with Gasteiger partial charge in [-0.05, 0) is 25.1 Å². The molecule has 26 heavy (non-hydrogen) atoms. The summed E-state index contributed by atoms with van der Waals surface area (Å²) < 4.78 is 2.10. The van der Waals surface area contributed by atoms with Crippen molar-refractivity contribution in [3.63, 3.8) is 0 Å². The molecule has 2 heterocycles. The second kappa shape index (κ2) is 6.90. The number of aryl methyl sites for hydroxylation is 1. The Morgan fingerprint density at radius 3 is 2.81 bits per heavy atom. The Kier molecular flexibility index (Phi) is 4.44. The van der Waals surface area contributed by atoms with E-state index in [-0.39, 0.29) is 0 Å². The minimum atomic E-state index is 0.316. The lowest BCUT2D eigenvalue weighted by Crippen LogP contribution is -2.02. The van der Waals surface area contributed by atoms with E-state index in [9.17, 15) is 0 Å². The zero-order valence-electron chi connectivity index (χ0n) is 13.8. The normalized spacial score (nSPS) is 11.7. The van der Waals surface area contributed by atoms with Gasteiger partial charge in [-0.15, -0.1) is 10.2 Å². The number of benzene rings is 2. The zero-order valence-corrected chi connectivity index (χ0v) is 15.3. The van der Waals surface area contributed by atoms with Crippen molar-refractivity contribution in [3.8, 4) is 0 Å². The summed E-state index contributed by atoms with van der Waals surface area (Å²) in [5.74, 6) is 0.316. The molecule has 130 valence electrons. The lowest BCUT2D eigenvalue weighted by Gasteiger charge is -2.02. The van der Waals surface area contributed by atoms with E-state index in [4.69, 9.17) is 23.2 Å². The second-order valence-corrected chi connectivity index (χ2v) is 6.45. The van der Waals surface area contributed by atoms with Crippen LogP contribution in [0.5, 0.6) is 0 Å². The van der Waals surface area contributed by atoms with Gasteiger partial charge >= 0.3 is 0 Å². The Bertz CT molecular complexity index is 1140. The number of hydrazone groups is 1. The van der Waals surface area contributed by atoms with Crippen molar-refractivity contribution in [2.45, 2.75) is 13.5 Å². The third-order valence-electron chi connectivity index (χ3n) is 4.02. The van der Waals surface area contributed by atoms with Gasteiger partial charge in [-0.25, -0.2) is 5.43 Å². The molecule has 8 heteroatoms. The number of hydrogen-bond donors (Lipinski definition) is 1. The molecule has 0 unspecified atom stereocenters. The van der Waals surface area contributed by atoms with E-state index < -0.39 is 0 Å². The van der Waals surface area contributed by atoms with Gasteiger partial charge in [0.1, 0.15) is 5.52 Å². The summed E-state index contributed by atoms with van der Waals surface area (Å²) in [5, 5.41) is 14.7. The summed E-state index contributed by atoms with van der Waals surface area (Å²) >= 11 is 12.0. The highest BCUT2D eigenvalue weighted by molar-refractivity contribution is 6.36. The SMILES string of the molecule is CCn1c2ccccc2c2nnc(N/N=C\c3ccc(Cl)cc3Cl)nc21. The van der Waals surface area contributed by atoms with Crippen LogP contribution in [0.4, 0.5) is 5.95 Å². The largest absolute Gasteiger partial charge is 0.324 e. The number of rotatable bonds is 4. The van der Waals surface area contributed by atoms with E-state index in [1.165, 1.54) is 0 Å². The Morgan fingerprint density at radius 2 is 2.00 bits per heavy atom. The molecule has 0 fully saturated rings. The number of aromatic nitrogens is 4. The molecule has 4 rings (SSSR count). The first-order chi connectivity index (χ1) is 12.7. The first kappa shape index (κ1) is 16.8. The highest BCUT2D eigenvalue weighted by Gasteiger charge is 2.13. The monoisotopic (exact) mass is 384 g/mol. The van der Waals surface area contributed by atoms with Crippen LogP contribution in [0, 0.1) is 0 Å². The highest BCUT2D eigenvalue weighted by Crippen LogP contribution is 2.26. The first-order valence-corrected chi connectivity index (χ1v) is 8.78. The van der Waals surface area contributed by atoms with Crippen LogP contribution < -0.4 is 5.43 Å². The van der Waals surface area contributed by atoms with Crippen LogP contribution in [0.25, 0.3) is 22.1 Å². The van der Waals surface area contributed by atoms with E-state index in [2.05, 4.69) is 43.3 Å². The molecular formula is C18H14Cl2N6. The lowest BCUT2D eigenvalue weighted by atomic mass is 10.2. The standard InChI is InChI=1S/C18H14Cl2N6/c1-2-26-15-6-4-3-5-13(15)16-17(26)22-18(25-23-16)24-21-10-11-7-8-12(19)9-14(11)20/h3-10H,2H2,1H3,(H,22,24,25)/b21-10-. The van der Waals surface area contributed by atoms with Crippen LogP contribution >= 0.6 is 23.2 Å². The fourth-order valence-corrected chi connectivity index (χ4v) is 3.29. The fraction of sp³-hybridized carbons (Fsp3) is 0.111. The number of anilines is 1. The molecule has 0 aliphatic heterocycles. The maximum Gasteiger partial charge on any atom is 0.265 e. The average Bonchev–Trinajstić information content (AvgIpc) is 2.96. The molecule has 1 N–H and O–H groups in total. The summed E-state index contributed by atoms with van der Waals surface area (Å²) in [6.07, 6.45) is 1.58. The van der Waals surface area contributed by atoms with E-state index in [0.717, 1.165) is 34.2 Å². The number of halogens is 2. The highest BCUT2D eigenvalue weighted by atomic mass is 35.5. The molecule has 0 radical (unpaired) electrons. The van der Waals surface area contributed by atoms with Crippen molar-refractivity contribution in [2.24, 2.45) is 5.10 Å². The molecule has 0 bridgehead atoms. The van der Waals surface area contributed by atoms with Gasteiger partial charge < -0.3 is 4.57 Å². The molecule has 0 saturated carbocycles. The minimum Gasteiger partial charge on any atom is -0.324 e. The summed E-state index contributed by atoms with van der Waals surface area (Å²) in [5.41, 5.74) is 6.17. The molecule has 0 aliphatic carbocycles. The maximum absolute atomic E-state index is 6.12. The quantitative estimate of drug-likeness (QED) is 0.407. The Balaban J connectivity index is 1.67. The molecule has 2 aromatic carbocycles. The molecule has 6 nitrogen and oxygen atoms in total. The molecular weight excluding hydrogens is 371 g/mol. The Morgan fingerprint density at radius 1 is 1.15 bits per heavy atom. The van der Waals surface area contributed by atoms with Gasteiger partial charge in [-0.2, -0.15) is 10.1 Å². The molecule has 0 atom stereocenters. The van der Waals surface area contributed by atoms with Crippen molar-refractivity contribution in [1.82, 2.24) is 19.7 Å².